The fraction of sp³-hybridized carbons (Fsp3) is 0.368. The maximum Gasteiger partial charge on any atom is 0.260 e. The van der Waals surface area contributed by atoms with E-state index in [1.165, 1.54) is 22.0 Å². The molecule has 140 valence electrons. The standard InChI is InChI=1S/C19H22N6O2/c1-23-10-15-6-4-3-5-14(15)9-16(23)11-24(2)19(26)12-27-18-8-7-17-21-20-13-25(17)22-18/h3-8,13,16H,9-12H2,1-2H3/t16-/m0/s1. The highest BCUT2D eigenvalue weighted by atomic mass is 16.5. The lowest BCUT2D eigenvalue weighted by Crippen LogP contribution is -2.47. The highest BCUT2D eigenvalue weighted by Gasteiger charge is 2.25. The van der Waals surface area contributed by atoms with E-state index in [0.29, 0.717) is 24.1 Å². The molecule has 0 aliphatic carbocycles. The summed E-state index contributed by atoms with van der Waals surface area (Å²) in [6.07, 6.45) is 2.43. The van der Waals surface area contributed by atoms with Crippen molar-refractivity contribution in [3.8, 4) is 5.88 Å². The molecule has 8 nitrogen and oxygen atoms in total. The van der Waals surface area contributed by atoms with Crippen LogP contribution in [0.25, 0.3) is 5.65 Å². The first kappa shape index (κ1) is 17.4. The molecule has 1 aliphatic heterocycles. The molecule has 2 aromatic heterocycles. The average Bonchev–Trinajstić information content (AvgIpc) is 3.14. The number of likely N-dealkylation sites (N-methyl/N-ethyl adjacent to an activating group) is 2. The zero-order chi connectivity index (χ0) is 18.8. The molecule has 1 aromatic carbocycles. The number of rotatable bonds is 5. The molecule has 0 N–H and O–H groups in total. The van der Waals surface area contributed by atoms with Gasteiger partial charge in [0.15, 0.2) is 12.3 Å². The van der Waals surface area contributed by atoms with E-state index in [4.69, 9.17) is 4.74 Å². The van der Waals surface area contributed by atoms with E-state index >= 15 is 0 Å². The second-order valence-electron chi connectivity index (χ2n) is 6.91. The molecule has 0 unspecified atom stereocenters. The van der Waals surface area contributed by atoms with Gasteiger partial charge in [0.1, 0.15) is 6.33 Å². The molecule has 0 saturated carbocycles. The van der Waals surface area contributed by atoms with E-state index in [9.17, 15) is 4.79 Å². The Bertz CT molecular complexity index is 956. The zero-order valence-corrected chi connectivity index (χ0v) is 15.4. The molecule has 0 spiro atoms. The molecule has 0 fully saturated rings. The Balaban J connectivity index is 1.33. The van der Waals surface area contributed by atoms with Crippen LogP contribution in [0.2, 0.25) is 0 Å². The second-order valence-corrected chi connectivity index (χ2v) is 6.91. The number of hydrogen-bond donors (Lipinski definition) is 0. The van der Waals surface area contributed by atoms with Crippen LogP contribution in [0.3, 0.4) is 0 Å². The number of ether oxygens (including phenoxy) is 1. The summed E-state index contributed by atoms with van der Waals surface area (Å²) in [5.74, 6) is 0.292. The lowest BCUT2D eigenvalue weighted by Gasteiger charge is -2.36. The molecule has 1 atom stereocenters. The van der Waals surface area contributed by atoms with Gasteiger partial charge in [-0.2, -0.15) is 4.52 Å². The van der Waals surface area contributed by atoms with Gasteiger partial charge in [0.25, 0.3) is 5.91 Å². The zero-order valence-electron chi connectivity index (χ0n) is 15.4. The van der Waals surface area contributed by atoms with E-state index in [1.807, 2.05) is 7.05 Å². The van der Waals surface area contributed by atoms with Gasteiger partial charge in [-0.3, -0.25) is 9.69 Å². The molecule has 0 saturated heterocycles. The molecule has 4 rings (SSSR count). The number of nitrogens with zero attached hydrogens (tertiary/aromatic N) is 6. The van der Waals surface area contributed by atoms with Crippen molar-refractivity contribution in [1.29, 1.82) is 0 Å². The maximum absolute atomic E-state index is 12.5. The summed E-state index contributed by atoms with van der Waals surface area (Å²) in [5.41, 5.74) is 3.36. The number of hydrogen-bond acceptors (Lipinski definition) is 6. The van der Waals surface area contributed by atoms with Crippen LogP contribution < -0.4 is 4.74 Å². The summed E-state index contributed by atoms with van der Waals surface area (Å²) >= 11 is 0. The van der Waals surface area contributed by atoms with Crippen LogP contribution in [0, 0.1) is 0 Å². The third-order valence-electron chi connectivity index (χ3n) is 5.01. The largest absolute Gasteiger partial charge is 0.467 e. The van der Waals surface area contributed by atoms with Crippen molar-refractivity contribution in [3.05, 3.63) is 53.9 Å². The van der Waals surface area contributed by atoms with E-state index in [2.05, 4.69) is 51.5 Å². The molecule has 1 amide bonds. The highest BCUT2D eigenvalue weighted by Crippen LogP contribution is 2.22. The van der Waals surface area contributed by atoms with E-state index in [-0.39, 0.29) is 12.5 Å². The van der Waals surface area contributed by atoms with Crippen molar-refractivity contribution >= 4 is 11.6 Å². The Morgan fingerprint density at radius 1 is 1.26 bits per heavy atom. The summed E-state index contributed by atoms with van der Waals surface area (Å²) in [5, 5.41) is 11.9. The quantitative estimate of drug-likeness (QED) is 0.671. The molecule has 8 heteroatoms. The lowest BCUT2D eigenvalue weighted by molar-refractivity contribution is -0.132. The van der Waals surface area contributed by atoms with Crippen LogP contribution in [0.15, 0.2) is 42.7 Å². The third-order valence-corrected chi connectivity index (χ3v) is 5.01. The van der Waals surface area contributed by atoms with Crippen molar-refractivity contribution in [2.45, 2.75) is 19.0 Å². The number of amides is 1. The van der Waals surface area contributed by atoms with Gasteiger partial charge in [0, 0.05) is 32.2 Å². The average molecular weight is 366 g/mol. The fourth-order valence-electron chi connectivity index (χ4n) is 3.37. The van der Waals surface area contributed by atoms with E-state index in [0.717, 1.165) is 13.0 Å². The number of fused-ring (bicyclic) bond motifs is 2. The number of carbonyl (C=O) groups is 1. The molecule has 27 heavy (non-hydrogen) atoms. The number of benzene rings is 1. The number of carbonyl (C=O) groups excluding carboxylic acids is 1. The summed E-state index contributed by atoms with van der Waals surface area (Å²) in [6, 6.07) is 12.2. The van der Waals surface area contributed by atoms with Gasteiger partial charge < -0.3 is 9.64 Å². The van der Waals surface area contributed by atoms with E-state index < -0.39 is 0 Å². The summed E-state index contributed by atoms with van der Waals surface area (Å²) in [7, 11) is 3.92. The van der Waals surface area contributed by atoms with Crippen molar-refractivity contribution in [2.24, 2.45) is 0 Å². The summed E-state index contributed by atoms with van der Waals surface area (Å²) < 4.78 is 7.06. The maximum atomic E-state index is 12.5. The first-order valence-electron chi connectivity index (χ1n) is 8.91. The van der Waals surface area contributed by atoms with Crippen molar-refractivity contribution in [3.63, 3.8) is 0 Å². The van der Waals surface area contributed by atoms with Crippen molar-refractivity contribution in [2.75, 3.05) is 27.2 Å². The summed E-state index contributed by atoms with van der Waals surface area (Å²) in [6.45, 7) is 1.51. The molecule has 0 bridgehead atoms. The van der Waals surface area contributed by atoms with Crippen LogP contribution in [0.5, 0.6) is 5.88 Å². The Morgan fingerprint density at radius 2 is 2.07 bits per heavy atom. The minimum atomic E-state index is -0.0760. The van der Waals surface area contributed by atoms with Gasteiger partial charge >= 0.3 is 0 Å². The van der Waals surface area contributed by atoms with E-state index in [1.54, 1.807) is 17.0 Å². The first-order chi connectivity index (χ1) is 13.1. The van der Waals surface area contributed by atoms with Crippen LogP contribution in [-0.2, 0) is 17.8 Å². The lowest BCUT2D eigenvalue weighted by atomic mass is 9.94. The molecule has 1 aliphatic rings. The molecule has 3 aromatic rings. The Labute approximate surface area is 157 Å². The SMILES string of the molecule is CN(C[C@@H]1Cc2ccccc2CN1C)C(=O)COc1ccc2nncn2n1. The fourth-order valence-corrected chi connectivity index (χ4v) is 3.37. The topological polar surface area (TPSA) is 75.9 Å². The third kappa shape index (κ3) is 3.75. The van der Waals surface area contributed by atoms with Crippen LogP contribution in [-0.4, -0.2) is 68.8 Å². The highest BCUT2D eigenvalue weighted by molar-refractivity contribution is 5.77. The van der Waals surface area contributed by atoms with Crippen LogP contribution in [0.4, 0.5) is 0 Å². The minimum absolute atomic E-state index is 0.0514. The summed E-state index contributed by atoms with van der Waals surface area (Å²) in [4.78, 5) is 16.5. The molecular formula is C19H22N6O2. The Morgan fingerprint density at radius 3 is 2.93 bits per heavy atom. The van der Waals surface area contributed by atoms with Crippen molar-refractivity contribution in [1.82, 2.24) is 29.6 Å². The molecular weight excluding hydrogens is 344 g/mol. The Hall–Kier alpha value is -3.00. The van der Waals surface area contributed by atoms with Gasteiger partial charge in [0.2, 0.25) is 5.88 Å². The predicted molar refractivity (Wildman–Crippen MR) is 99.3 cm³/mol. The van der Waals surface area contributed by atoms with Crippen molar-refractivity contribution < 1.29 is 9.53 Å². The Kier molecular flexibility index (Phi) is 4.72. The van der Waals surface area contributed by atoms with Crippen LogP contribution in [0.1, 0.15) is 11.1 Å². The smallest absolute Gasteiger partial charge is 0.260 e. The monoisotopic (exact) mass is 366 g/mol. The van der Waals surface area contributed by atoms with Gasteiger partial charge in [0.05, 0.1) is 0 Å². The van der Waals surface area contributed by atoms with Gasteiger partial charge in [-0.15, -0.1) is 15.3 Å². The minimum Gasteiger partial charge on any atom is -0.467 e. The predicted octanol–water partition coefficient (Wildman–Crippen LogP) is 1.02. The number of aromatic nitrogens is 4. The van der Waals surface area contributed by atoms with Gasteiger partial charge in [-0.05, 0) is 30.7 Å². The first-order valence-corrected chi connectivity index (χ1v) is 8.91. The van der Waals surface area contributed by atoms with Gasteiger partial charge in [-0.1, -0.05) is 24.3 Å². The second kappa shape index (κ2) is 7.32. The van der Waals surface area contributed by atoms with Crippen LogP contribution >= 0.6 is 0 Å². The molecule has 0 radical (unpaired) electrons. The molecule has 3 heterocycles. The van der Waals surface area contributed by atoms with Gasteiger partial charge in [-0.25, -0.2) is 0 Å². The normalized spacial score (nSPS) is 16.9.